The first-order valence-corrected chi connectivity index (χ1v) is 8.83. The van der Waals surface area contributed by atoms with Gasteiger partial charge in [0, 0.05) is 36.2 Å². The summed E-state index contributed by atoms with van der Waals surface area (Å²) in [7, 11) is 0. The molecule has 0 saturated carbocycles. The van der Waals surface area contributed by atoms with Gasteiger partial charge in [0.1, 0.15) is 0 Å². The number of fused-ring (bicyclic) bond motifs is 1. The van der Waals surface area contributed by atoms with Gasteiger partial charge >= 0.3 is 0 Å². The number of rotatable bonds is 4. The van der Waals surface area contributed by atoms with Crippen molar-refractivity contribution in [2.75, 3.05) is 32.8 Å². The number of hydrogen-bond donors (Lipinski definition) is 1. The molecule has 0 bridgehead atoms. The average molecular weight is 353 g/mol. The second-order valence-corrected chi connectivity index (χ2v) is 7.25. The summed E-state index contributed by atoms with van der Waals surface area (Å²) < 4.78 is 6.62. The first-order valence-electron chi connectivity index (χ1n) is 8.04. The number of halogens is 1. The lowest BCUT2D eigenvalue weighted by Crippen LogP contribution is -2.48. The maximum Gasteiger partial charge on any atom is 0.0594 e. The number of ether oxygens (including phenoxy) is 1. The predicted octanol–water partition coefficient (Wildman–Crippen LogP) is 2.62. The van der Waals surface area contributed by atoms with Gasteiger partial charge in [0.05, 0.1) is 13.2 Å². The summed E-state index contributed by atoms with van der Waals surface area (Å²) in [6, 6.07) is 7.89. The van der Waals surface area contributed by atoms with Gasteiger partial charge in [0.15, 0.2) is 0 Å². The average Bonchev–Trinajstić information content (AvgIpc) is 2.48. The molecule has 1 heterocycles. The molecule has 3 rings (SSSR count). The highest BCUT2D eigenvalue weighted by Crippen LogP contribution is 2.25. The number of aryl methyl sites for hydroxylation is 1. The minimum absolute atomic E-state index is 0.546. The van der Waals surface area contributed by atoms with Gasteiger partial charge in [-0.25, -0.2) is 0 Å². The van der Waals surface area contributed by atoms with Crippen LogP contribution in [0.2, 0.25) is 0 Å². The van der Waals surface area contributed by atoms with Gasteiger partial charge in [0.2, 0.25) is 0 Å². The number of nitrogens with zero attached hydrogens (tertiary/aromatic N) is 1. The molecular formula is C17H25BrN2O. The zero-order chi connectivity index (χ0) is 14.7. The largest absolute Gasteiger partial charge is 0.379 e. The fourth-order valence-corrected chi connectivity index (χ4v) is 3.90. The summed E-state index contributed by atoms with van der Waals surface area (Å²) in [5.41, 5.74) is 3.03. The normalized spacial score (nSPS) is 24.6. The molecule has 2 unspecified atom stereocenters. The van der Waals surface area contributed by atoms with Crippen LogP contribution >= 0.6 is 15.9 Å². The zero-order valence-corrected chi connectivity index (χ0v) is 14.4. The standard InChI is InChI=1S/C17H25BrN2O/c1-13(12-20-6-8-21-9-7-20)19-17-5-3-14-10-16(18)4-2-15(14)11-17/h2,4,10,13,17,19H,3,5-9,11-12H2,1H3. The Bertz CT molecular complexity index is 474. The molecule has 21 heavy (non-hydrogen) atoms. The summed E-state index contributed by atoms with van der Waals surface area (Å²) in [6.45, 7) is 7.37. The number of nitrogens with one attached hydrogen (secondary N) is 1. The van der Waals surface area contributed by atoms with Crippen LogP contribution in [0, 0.1) is 0 Å². The third-order valence-corrected chi connectivity index (χ3v) is 5.05. The fraction of sp³-hybridized carbons (Fsp3) is 0.647. The van der Waals surface area contributed by atoms with Crippen LogP contribution in [-0.4, -0.2) is 49.8 Å². The molecule has 1 aromatic carbocycles. The van der Waals surface area contributed by atoms with E-state index in [1.54, 1.807) is 0 Å². The van der Waals surface area contributed by atoms with Crippen LogP contribution < -0.4 is 5.32 Å². The number of morpholine rings is 1. The molecule has 4 heteroatoms. The lowest BCUT2D eigenvalue weighted by atomic mass is 9.88. The molecular weight excluding hydrogens is 328 g/mol. The molecule has 1 fully saturated rings. The van der Waals surface area contributed by atoms with E-state index in [1.807, 2.05) is 0 Å². The van der Waals surface area contributed by atoms with E-state index in [1.165, 1.54) is 28.4 Å². The van der Waals surface area contributed by atoms with Gasteiger partial charge in [-0.3, -0.25) is 4.90 Å². The maximum atomic E-state index is 5.41. The summed E-state index contributed by atoms with van der Waals surface area (Å²) in [5, 5.41) is 3.83. The first-order chi connectivity index (χ1) is 10.2. The molecule has 1 saturated heterocycles. The minimum Gasteiger partial charge on any atom is -0.379 e. The van der Waals surface area contributed by atoms with Crippen molar-refractivity contribution in [1.29, 1.82) is 0 Å². The minimum atomic E-state index is 0.546. The quantitative estimate of drug-likeness (QED) is 0.901. The van der Waals surface area contributed by atoms with Crippen molar-refractivity contribution in [3.63, 3.8) is 0 Å². The third kappa shape index (κ3) is 4.28. The molecule has 3 nitrogen and oxygen atoms in total. The molecule has 1 N–H and O–H groups in total. The summed E-state index contributed by atoms with van der Waals surface area (Å²) in [5.74, 6) is 0. The van der Waals surface area contributed by atoms with Crippen molar-refractivity contribution in [3.05, 3.63) is 33.8 Å². The van der Waals surface area contributed by atoms with Crippen LogP contribution in [0.25, 0.3) is 0 Å². The molecule has 2 aliphatic rings. The van der Waals surface area contributed by atoms with Crippen molar-refractivity contribution in [2.45, 2.75) is 38.3 Å². The molecule has 116 valence electrons. The van der Waals surface area contributed by atoms with Crippen LogP contribution in [0.4, 0.5) is 0 Å². The highest BCUT2D eigenvalue weighted by molar-refractivity contribution is 9.10. The van der Waals surface area contributed by atoms with Crippen LogP contribution in [0.5, 0.6) is 0 Å². The third-order valence-electron chi connectivity index (χ3n) is 4.55. The summed E-state index contributed by atoms with van der Waals surface area (Å²) in [6.07, 6.45) is 3.60. The van der Waals surface area contributed by atoms with E-state index in [2.05, 4.69) is 51.3 Å². The monoisotopic (exact) mass is 352 g/mol. The smallest absolute Gasteiger partial charge is 0.0594 e. The van der Waals surface area contributed by atoms with Crippen molar-refractivity contribution < 1.29 is 4.74 Å². The lowest BCUT2D eigenvalue weighted by Gasteiger charge is -2.33. The van der Waals surface area contributed by atoms with Gasteiger partial charge in [-0.2, -0.15) is 0 Å². The Hall–Kier alpha value is -0.420. The van der Waals surface area contributed by atoms with Gasteiger partial charge < -0.3 is 10.1 Å². The highest BCUT2D eigenvalue weighted by atomic mass is 79.9. The Kier molecular flexibility index (Phi) is 5.33. The Balaban J connectivity index is 1.50. The molecule has 0 amide bonds. The van der Waals surface area contributed by atoms with E-state index in [4.69, 9.17) is 4.74 Å². The Morgan fingerprint density at radius 1 is 1.33 bits per heavy atom. The molecule has 1 aliphatic carbocycles. The van der Waals surface area contributed by atoms with E-state index < -0.39 is 0 Å². The SMILES string of the molecule is CC(CN1CCOCC1)NC1CCc2cc(Br)ccc2C1. The molecule has 2 atom stereocenters. The van der Waals surface area contributed by atoms with Gasteiger partial charge in [-0.15, -0.1) is 0 Å². The molecule has 1 aromatic rings. The molecule has 1 aliphatic heterocycles. The predicted molar refractivity (Wildman–Crippen MR) is 89.8 cm³/mol. The Morgan fingerprint density at radius 2 is 2.14 bits per heavy atom. The van der Waals surface area contributed by atoms with Gasteiger partial charge in [-0.1, -0.05) is 22.0 Å². The molecule has 0 spiro atoms. The zero-order valence-electron chi connectivity index (χ0n) is 12.8. The van der Waals surface area contributed by atoms with Crippen LogP contribution in [-0.2, 0) is 17.6 Å². The van der Waals surface area contributed by atoms with Gasteiger partial charge in [-0.05, 0) is 49.4 Å². The lowest BCUT2D eigenvalue weighted by molar-refractivity contribution is 0.0337. The van der Waals surface area contributed by atoms with Crippen molar-refractivity contribution in [2.24, 2.45) is 0 Å². The fourth-order valence-electron chi connectivity index (χ4n) is 3.49. The van der Waals surface area contributed by atoms with E-state index in [0.29, 0.717) is 12.1 Å². The van der Waals surface area contributed by atoms with Crippen LogP contribution in [0.3, 0.4) is 0 Å². The first kappa shape index (κ1) is 15.5. The van der Waals surface area contributed by atoms with E-state index in [9.17, 15) is 0 Å². The summed E-state index contributed by atoms with van der Waals surface area (Å²) >= 11 is 3.57. The van der Waals surface area contributed by atoms with Crippen molar-refractivity contribution in [3.8, 4) is 0 Å². The van der Waals surface area contributed by atoms with Crippen LogP contribution in [0.15, 0.2) is 22.7 Å². The van der Waals surface area contributed by atoms with Crippen molar-refractivity contribution in [1.82, 2.24) is 10.2 Å². The second kappa shape index (κ2) is 7.23. The van der Waals surface area contributed by atoms with Crippen molar-refractivity contribution >= 4 is 15.9 Å². The maximum absolute atomic E-state index is 5.41. The van der Waals surface area contributed by atoms with E-state index in [-0.39, 0.29) is 0 Å². The number of hydrogen-bond acceptors (Lipinski definition) is 3. The number of benzene rings is 1. The van der Waals surface area contributed by atoms with Crippen LogP contribution in [0.1, 0.15) is 24.5 Å². The van der Waals surface area contributed by atoms with Gasteiger partial charge in [0.25, 0.3) is 0 Å². The topological polar surface area (TPSA) is 24.5 Å². The second-order valence-electron chi connectivity index (χ2n) is 6.33. The Morgan fingerprint density at radius 3 is 2.95 bits per heavy atom. The summed E-state index contributed by atoms with van der Waals surface area (Å²) in [4.78, 5) is 2.51. The molecule has 0 radical (unpaired) electrons. The Labute approximate surface area is 136 Å². The molecule has 0 aromatic heterocycles. The van der Waals surface area contributed by atoms with E-state index >= 15 is 0 Å². The van der Waals surface area contributed by atoms with E-state index in [0.717, 1.165) is 39.3 Å². The highest BCUT2D eigenvalue weighted by Gasteiger charge is 2.21.